The van der Waals surface area contributed by atoms with Crippen LogP contribution in [0.5, 0.6) is 0 Å². The van der Waals surface area contributed by atoms with Crippen LogP contribution < -0.4 is 5.73 Å². The van der Waals surface area contributed by atoms with E-state index in [1.807, 2.05) is 12.3 Å². The van der Waals surface area contributed by atoms with Gasteiger partial charge in [-0.3, -0.25) is 4.90 Å². The van der Waals surface area contributed by atoms with Crippen LogP contribution in [-0.2, 0) is 6.54 Å². The van der Waals surface area contributed by atoms with E-state index in [4.69, 9.17) is 5.73 Å². The van der Waals surface area contributed by atoms with E-state index in [9.17, 15) is 0 Å². The summed E-state index contributed by atoms with van der Waals surface area (Å²) in [5.74, 6) is 1.56. The van der Waals surface area contributed by atoms with Crippen molar-refractivity contribution in [1.29, 1.82) is 0 Å². The van der Waals surface area contributed by atoms with Gasteiger partial charge in [-0.05, 0) is 49.9 Å². The van der Waals surface area contributed by atoms with Crippen LogP contribution in [0.4, 0.5) is 5.82 Å². The van der Waals surface area contributed by atoms with E-state index >= 15 is 0 Å². The zero-order valence-electron chi connectivity index (χ0n) is 11.4. The van der Waals surface area contributed by atoms with Crippen LogP contribution in [-0.4, -0.2) is 23.0 Å². The Hall–Kier alpha value is -1.09. The molecule has 1 unspecified atom stereocenters. The fraction of sp³-hybridized carbons (Fsp3) is 0.667. The van der Waals surface area contributed by atoms with Gasteiger partial charge in [-0.15, -0.1) is 0 Å². The van der Waals surface area contributed by atoms with Crippen LogP contribution in [0, 0.1) is 5.92 Å². The van der Waals surface area contributed by atoms with E-state index in [2.05, 4.69) is 22.9 Å². The first-order chi connectivity index (χ1) is 8.78. The monoisotopic (exact) mass is 247 g/mol. The molecule has 2 rings (SSSR count). The summed E-state index contributed by atoms with van der Waals surface area (Å²) >= 11 is 0. The Morgan fingerprint density at radius 2 is 2.22 bits per heavy atom. The second kappa shape index (κ2) is 6.74. The predicted octanol–water partition coefficient (Wildman–Crippen LogP) is 3.07. The third-order valence-corrected chi connectivity index (χ3v) is 3.89. The van der Waals surface area contributed by atoms with E-state index < -0.39 is 0 Å². The molecule has 1 fully saturated rings. The molecule has 1 aromatic rings. The standard InChI is InChI=1S/C15H25N3/c1-2-4-13-5-3-9-18(10-8-13)12-14-6-7-15(16)17-11-14/h6-7,11,13H,2-5,8-10,12H2,1H3,(H2,16,17). The van der Waals surface area contributed by atoms with Gasteiger partial charge in [0.05, 0.1) is 0 Å². The highest BCUT2D eigenvalue weighted by Gasteiger charge is 2.16. The van der Waals surface area contributed by atoms with E-state index in [1.165, 1.54) is 50.8 Å². The summed E-state index contributed by atoms with van der Waals surface area (Å²) in [4.78, 5) is 6.72. The van der Waals surface area contributed by atoms with E-state index in [0.717, 1.165) is 12.5 Å². The van der Waals surface area contributed by atoms with Gasteiger partial charge in [0.1, 0.15) is 5.82 Å². The van der Waals surface area contributed by atoms with Crippen LogP contribution in [0.1, 0.15) is 44.6 Å². The number of hydrogen-bond acceptors (Lipinski definition) is 3. The Bertz CT molecular complexity index is 347. The Kier molecular flexibility index (Phi) is 5.00. The fourth-order valence-corrected chi connectivity index (χ4v) is 2.87. The zero-order chi connectivity index (χ0) is 12.8. The SMILES string of the molecule is CCCC1CCCN(Cc2ccc(N)nc2)CC1. The molecule has 2 N–H and O–H groups in total. The van der Waals surface area contributed by atoms with Crippen molar-refractivity contribution in [2.75, 3.05) is 18.8 Å². The summed E-state index contributed by atoms with van der Waals surface area (Å²) in [7, 11) is 0. The Morgan fingerprint density at radius 3 is 2.94 bits per heavy atom. The molecule has 2 heterocycles. The summed E-state index contributed by atoms with van der Waals surface area (Å²) in [5.41, 5.74) is 6.89. The third-order valence-electron chi connectivity index (χ3n) is 3.89. The minimum absolute atomic E-state index is 0.609. The van der Waals surface area contributed by atoms with Crippen molar-refractivity contribution < 1.29 is 0 Å². The molecule has 0 saturated carbocycles. The number of nitrogen functional groups attached to an aromatic ring is 1. The van der Waals surface area contributed by atoms with Gasteiger partial charge in [0.25, 0.3) is 0 Å². The van der Waals surface area contributed by atoms with Crippen LogP contribution in [0.25, 0.3) is 0 Å². The van der Waals surface area contributed by atoms with E-state index in [1.54, 1.807) is 0 Å². The van der Waals surface area contributed by atoms with Gasteiger partial charge in [-0.25, -0.2) is 4.98 Å². The van der Waals surface area contributed by atoms with Gasteiger partial charge in [0, 0.05) is 12.7 Å². The lowest BCUT2D eigenvalue weighted by Crippen LogP contribution is -2.24. The number of likely N-dealkylation sites (tertiary alicyclic amines) is 1. The summed E-state index contributed by atoms with van der Waals surface area (Å²) in [6.07, 6.45) is 8.74. The lowest BCUT2D eigenvalue weighted by molar-refractivity contribution is 0.271. The number of nitrogens with two attached hydrogens (primary N) is 1. The Labute approximate surface area is 110 Å². The molecule has 1 aliphatic heterocycles. The maximum atomic E-state index is 5.61. The second-order valence-corrected chi connectivity index (χ2v) is 5.45. The van der Waals surface area contributed by atoms with Crippen molar-refractivity contribution in [3.05, 3.63) is 23.9 Å². The highest BCUT2D eigenvalue weighted by molar-refractivity contribution is 5.29. The number of hydrogen-bond donors (Lipinski definition) is 1. The molecule has 1 aliphatic rings. The van der Waals surface area contributed by atoms with Crippen LogP contribution in [0.15, 0.2) is 18.3 Å². The predicted molar refractivity (Wildman–Crippen MR) is 76.2 cm³/mol. The Morgan fingerprint density at radius 1 is 1.33 bits per heavy atom. The van der Waals surface area contributed by atoms with E-state index in [-0.39, 0.29) is 0 Å². The minimum Gasteiger partial charge on any atom is -0.384 e. The van der Waals surface area contributed by atoms with Crippen molar-refractivity contribution >= 4 is 5.82 Å². The van der Waals surface area contributed by atoms with Crippen LogP contribution in [0.2, 0.25) is 0 Å². The highest BCUT2D eigenvalue weighted by atomic mass is 15.1. The van der Waals surface area contributed by atoms with Crippen molar-refractivity contribution in [3.63, 3.8) is 0 Å². The van der Waals surface area contributed by atoms with Gasteiger partial charge in [0.2, 0.25) is 0 Å². The number of pyridine rings is 1. The van der Waals surface area contributed by atoms with Gasteiger partial charge in [-0.1, -0.05) is 25.8 Å². The molecule has 3 heteroatoms. The molecule has 0 spiro atoms. The average Bonchev–Trinajstić information content (AvgIpc) is 2.59. The highest BCUT2D eigenvalue weighted by Crippen LogP contribution is 2.22. The zero-order valence-corrected chi connectivity index (χ0v) is 11.4. The summed E-state index contributed by atoms with van der Waals surface area (Å²) in [5, 5.41) is 0. The topological polar surface area (TPSA) is 42.1 Å². The molecule has 3 nitrogen and oxygen atoms in total. The molecule has 0 aliphatic carbocycles. The molecule has 0 radical (unpaired) electrons. The smallest absolute Gasteiger partial charge is 0.123 e. The summed E-state index contributed by atoms with van der Waals surface area (Å²) < 4.78 is 0. The minimum atomic E-state index is 0.609. The first-order valence-corrected chi connectivity index (χ1v) is 7.20. The fourth-order valence-electron chi connectivity index (χ4n) is 2.87. The van der Waals surface area contributed by atoms with Gasteiger partial charge >= 0.3 is 0 Å². The largest absolute Gasteiger partial charge is 0.384 e. The van der Waals surface area contributed by atoms with Crippen molar-refractivity contribution in [3.8, 4) is 0 Å². The summed E-state index contributed by atoms with van der Waals surface area (Å²) in [6.45, 7) is 5.77. The molecule has 1 aromatic heterocycles. The molecule has 18 heavy (non-hydrogen) atoms. The van der Waals surface area contributed by atoms with Crippen molar-refractivity contribution in [2.24, 2.45) is 5.92 Å². The molecular formula is C15H25N3. The van der Waals surface area contributed by atoms with Gasteiger partial charge in [-0.2, -0.15) is 0 Å². The van der Waals surface area contributed by atoms with Gasteiger partial charge in [0.15, 0.2) is 0 Å². The lowest BCUT2D eigenvalue weighted by Gasteiger charge is -2.20. The maximum Gasteiger partial charge on any atom is 0.123 e. The number of rotatable bonds is 4. The molecular weight excluding hydrogens is 222 g/mol. The average molecular weight is 247 g/mol. The number of aromatic nitrogens is 1. The molecule has 0 amide bonds. The quantitative estimate of drug-likeness (QED) is 0.889. The third kappa shape index (κ3) is 3.98. The maximum absolute atomic E-state index is 5.61. The number of anilines is 1. The first kappa shape index (κ1) is 13.3. The Balaban J connectivity index is 1.84. The molecule has 1 saturated heterocycles. The van der Waals surface area contributed by atoms with Crippen LogP contribution >= 0.6 is 0 Å². The van der Waals surface area contributed by atoms with Crippen molar-refractivity contribution in [1.82, 2.24) is 9.88 Å². The second-order valence-electron chi connectivity index (χ2n) is 5.45. The van der Waals surface area contributed by atoms with Gasteiger partial charge < -0.3 is 5.73 Å². The normalized spacial score (nSPS) is 21.7. The number of nitrogens with zero attached hydrogens (tertiary/aromatic N) is 2. The van der Waals surface area contributed by atoms with Crippen molar-refractivity contribution in [2.45, 2.75) is 45.6 Å². The molecule has 0 aromatic carbocycles. The van der Waals surface area contributed by atoms with Crippen LogP contribution in [0.3, 0.4) is 0 Å². The molecule has 1 atom stereocenters. The lowest BCUT2D eigenvalue weighted by atomic mass is 9.96. The molecule has 100 valence electrons. The molecule has 0 bridgehead atoms. The first-order valence-electron chi connectivity index (χ1n) is 7.20. The van der Waals surface area contributed by atoms with E-state index in [0.29, 0.717) is 5.82 Å². The summed E-state index contributed by atoms with van der Waals surface area (Å²) in [6, 6.07) is 3.99.